The van der Waals surface area contributed by atoms with Gasteiger partial charge in [-0.05, 0) is 57.9 Å². The van der Waals surface area contributed by atoms with Crippen molar-refractivity contribution in [3.8, 4) is 5.69 Å². The molecular weight excluding hydrogens is 411 g/mol. The van der Waals surface area contributed by atoms with Crippen LogP contribution in [-0.4, -0.2) is 49.6 Å². The highest BCUT2D eigenvalue weighted by Crippen LogP contribution is 2.27. The highest BCUT2D eigenvalue weighted by atomic mass is 19.1. The number of carbonyl (C=O) groups is 2. The molecule has 9 heteroatoms. The molecule has 0 atom stereocenters. The Morgan fingerprint density at radius 2 is 1.84 bits per heavy atom. The standard InChI is InChI=1S/C23H25FN6O2/c1-13-10-14(2)30(28-13)20-11-17(4-5-19(20)24)23(32)29-8-6-16(7-9-29)22-26-12-18(21(25)31)15(3)27-22/h4-5,10-12,16H,6-9H2,1-3H3,(H2,25,31). The van der Waals surface area contributed by atoms with E-state index in [1.165, 1.54) is 23.0 Å². The van der Waals surface area contributed by atoms with Crippen molar-refractivity contribution in [1.82, 2.24) is 24.6 Å². The summed E-state index contributed by atoms with van der Waals surface area (Å²) in [5.41, 5.74) is 8.46. The van der Waals surface area contributed by atoms with Crippen LogP contribution in [0.2, 0.25) is 0 Å². The van der Waals surface area contributed by atoms with Gasteiger partial charge in [-0.25, -0.2) is 19.0 Å². The molecule has 0 bridgehead atoms. The Hall–Kier alpha value is -3.62. The van der Waals surface area contributed by atoms with Gasteiger partial charge in [0.15, 0.2) is 0 Å². The van der Waals surface area contributed by atoms with Crippen LogP contribution in [0.5, 0.6) is 0 Å². The first-order valence-electron chi connectivity index (χ1n) is 10.5. The molecule has 0 unspecified atom stereocenters. The molecule has 2 amide bonds. The van der Waals surface area contributed by atoms with Crippen molar-refractivity contribution in [2.45, 2.75) is 39.5 Å². The van der Waals surface area contributed by atoms with Gasteiger partial charge in [0.25, 0.3) is 11.8 Å². The van der Waals surface area contributed by atoms with Crippen LogP contribution in [0.3, 0.4) is 0 Å². The maximum absolute atomic E-state index is 14.5. The zero-order valence-corrected chi connectivity index (χ0v) is 18.3. The zero-order chi connectivity index (χ0) is 23.0. The molecule has 8 nitrogen and oxygen atoms in total. The van der Waals surface area contributed by atoms with E-state index < -0.39 is 11.7 Å². The van der Waals surface area contributed by atoms with Crippen molar-refractivity contribution in [3.05, 3.63) is 70.3 Å². The molecule has 3 aromatic rings. The number of benzene rings is 1. The van der Waals surface area contributed by atoms with E-state index in [9.17, 15) is 14.0 Å². The highest BCUT2D eigenvalue weighted by Gasteiger charge is 2.27. The van der Waals surface area contributed by atoms with Crippen LogP contribution < -0.4 is 5.73 Å². The number of hydrogen-bond acceptors (Lipinski definition) is 5. The molecule has 1 saturated heterocycles. The quantitative estimate of drug-likeness (QED) is 0.677. The summed E-state index contributed by atoms with van der Waals surface area (Å²) in [6.45, 7) is 6.50. The minimum atomic E-state index is -0.548. The predicted octanol–water partition coefficient (Wildman–Crippen LogP) is 2.85. The van der Waals surface area contributed by atoms with Crippen molar-refractivity contribution in [3.63, 3.8) is 0 Å². The maximum atomic E-state index is 14.5. The summed E-state index contributed by atoms with van der Waals surface area (Å²) in [6.07, 6.45) is 2.87. The van der Waals surface area contributed by atoms with Crippen molar-refractivity contribution >= 4 is 11.8 Å². The van der Waals surface area contributed by atoms with Crippen LogP contribution >= 0.6 is 0 Å². The number of hydrogen-bond donors (Lipinski definition) is 1. The summed E-state index contributed by atoms with van der Waals surface area (Å²) >= 11 is 0. The molecule has 1 aliphatic heterocycles. The average molecular weight is 436 g/mol. The Balaban J connectivity index is 1.48. The first kappa shape index (κ1) is 21.6. The third-order valence-corrected chi connectivity index (χ3v) is 5.84. The number of nitrogens with two attached hydrogens (primary N) is 1. The maximum Gasteiger partial charge on any atom is 0.253 e. The van der Waals surface area contributed by atoms with Gasteiger partial charge >= 0.3 is 0 Å². The molecule has 0 aliphatic carbocycles. The third-order valence-electron chi connectivity index (χ3n) is 5.84. The fourth-order valence-corrected chi connectivity index (χ4v) is 4.13. The second-order valence-corrected chi connectivity index (χ2v) is 8.16. The molecule has 2 N–H and O–H groups in total. The van der Waals surface area contributed by atoms with Crippen LogP contribution in [0.15, 0.2) is 30.5 Å². The van der Waals surface area contributed by atoms with E-state index in [0.717, 1.165) is 11.4 Å². The second kappa shape index (κ2) is 8.49. The van der Waals surface area contributed by atoms with Gasteiger partial charge in [0.2, 0.25) is 0 Å². The summed E-state index contributed by atoms with van der Waals surface area (Å²) in [7, 11) is 0. The van der Waals surface area contributed by atoms with Crippen LogP contribution in [0.25, 0.3) is 5.69 Å². The van der Waals surface area contributed by atoms with Gasteiger partial charge in [0, 0.05) is 36.5 Å². The number of rotatable bonds is 4. The molecule has 2 aromatic heterocycles. The Kier molecular flexibility index (Phi) is 5.73. The number of carbonyl (C=O) groups excluding carboxylic acids is 2. The van der Waals surface area contributed by atoms with Crippen LogP contribution in [-0.2, 0) is 0 Å². The minimum absolute atomic E-state index is 0.0955. The molecule has 1 aromatic carbocycles. The lowest BCUT2D eigenvalue weighted by Gasteiger charge is -2.31. The van der Waals surface area contributed by atoms with E-state index in [1.807, 2.05) is 19.9 Å². The van der Waals surface area contributed by atoms with E-state index in [4.69, 9.17) is 5.73 Å². The molecule has 0 saturated carbocycles. The van der Waals surface area contributed by atoms with Crippen molar-refractivity contribution < 1.29 is 14.0 Å². The van der Waals surface area contributed by atoms with Gasteiger partial charge < -0.3 is 10.6 Å². The fourth-order valence-electron chi connectivity index (χ4n) is 4.13. The molecule has 3 heterocycles. The monoisotopic (exact) mass is 436 g/mol. The normalized spacial score (nSPS) is 14.6. The summed E-state index contributed by atoms with van der Waals surface area (Å²) in [4.78, 5) is 35.0. The Bertz CT molecular complexity index is 1200. The Labute approximate surface area is 185 Å². The molecule has 1 fully saturated rings. The smallest absolute Gasteiger partial charge is 0.253 e. The van der Waals surface area contributed by atoms with E-state index in [2.05, 4.69) is 15.1 Å². The van der Waals surface area contributed by atoms with E-state index in [-0.39, 0.29) is 17.5 Å². The van der Waals surface area contributed by atoms with E-state index >= 15 is 0 Å². The Morgan fingerprint density at radius 1 is 1.12 bits per heavy atom. The Morgan fingerprint density at radius 3 is 2.44 bits per heavy atom. The van der Waals surface area contributed by atoms with E-state index in [1.54, 1.807) is 17.9 Å². The van der Waals surface area contributed by atoms with E-state index in [0.29, 0.717) is 48.6 Å². The van der Waals surface area contributed by atoms with Gasteiger partial charge in [0.1, 0.15) is 17.3 Å². The molecule has 0 radical (unpaired) electrons. The molecule has 1 aliphatic rings. The number of aromatic nitrogens is 4. The number of nitrogens with zero attached hydrogens (tertiary/aromatic N) is 5. The first-order valence-corrected chi connectivity index (χ1v) is 10.5. The zero-order valence-electron chi connectivity index (χ0n) is 18.3. The number of amides is 2. The number of piperidine rings is 1. The number of aryl methyl sites for hydroxylation is 3. The van der Waals surface area contributed by atoms with Gasteiger partial charge in [-0.2, -0.15) is 5.10 Å². The molecule has 166 valence electrons. The lowest BCUT2D eigenvalue weighted by molar-refractivity contribution is 0.0710. The topological polar surface area (TPSA) is 107 Å². The predicted molar refractivity (Wildman–Crippen MR) is 116 cm³/mol. The minimum Gasteiger partial charge on any atom is -0.365 e. The summed E-state index contributed by atoms with van der Waals surface area (Å²) in [5, 5.41) is 4.33. The second-order valence-electron chi connectivity index (χ2n) is 8.16. The van der Waals surface area contributed by atoms with Crippen molar-refractivity contribution in [2.75, 3.05) is 13.1 Å². The summed E-state index contributed by atoms with van der Waals surface area (Å²) in [6, 6.07) is 6.23. The first-order chi connectivity index (χ1) is 15.2. The molecular formula is C23H25FN6O2. The number of likely N-dealkylation sites (tertiary alicyclic amines) is 1. The lowest BCUT2D eigenvalue weighted by atomic mass is 9.95. The van der Waals surface area contributed by atoms with Crippen LogP contribution in [0.1, 0.15) is 62.4 Å². The summed E-state index contributed by atoms with van der Waals surface area (Å²) < 4.78 is 16.0. The van der Waals surface area contributed by atoms with Gasteiger partial charge in [-0.1, -0.05) is 0 Å². The number of primary amides is 1. The van der Waals surface area contributed by atoms with Gasteiger partial charge in [0.05, 0.1) is 17.0 Å². The SMILES string of the molecule is Cc1cc(C)n(-c2cc(C(=O)N3CCC(c4ncc(C(N)=O)c(C)n4)CC3)ccc2F)n1. The van der Waals surface area contributed by atoms with Gasteiger partial charge in [-0.3, -0.25) is 9.59 Å². The molecule has 0 spiro atoms. The summed E-state index contributed by atoms with van der Waals surface area (Å²) in [5.74, 6) is -0.370. The average Bonchev–Trinajstić information content (AvgIpc) is 3.11. The van der Waals surface area contributed by atoms with Gasteiger partial charge in [-0.15, -0.1) is 0 Å². The van der Waals surface area contributed by atoms with Crippen molar-refractivity contribution in [1.29, 1.82) is 0 Å². The van der Waals surface area contributed by atoms with Crippen LogP contribution in [0.4, 0.5) is 4.39 Å². The van der Waals surface area contributed by atoms with Crippen LogP contribution in [0, 0.1) is 26.6 Å². The largest absolute Gasteiger partial charge is 0.365 e. The third kappa shape index (κ3) is 4.10. The molecule has 32 heavy (non-hydrogen) atoms. The van der Waals surface area contributed by atoms with Crippen molar-refractivity contribution in [2.24, 2.45) is 5.73 Å². The fraction of sp³-hybridized carbons (Fsp3) is 0.348. The highest BCUT2D eigenvalue weighted by molar-refractivity contribution is 5.95. The lowest BCUT2D eigenvalue weighted by Crippen LogP contribution is -2.38. The molecule has 4 rings (SSSR count). The number of halogens is 1.